The van der Waals surface area contributed by atoms with E-state index in [-0.39, 0.29) is 13.2 Å². The molecule has 112 valence electrons. The number of rotatable bonds is 6. The van der Waals surface area contributed by atoms with Crippen molar-refractivity contribution in [3.8, 4) is 0 Å². The Hall–Kier alpha value is -2.43. The second kappa shape index (κ2) is 7.99. The molecule has 0 amide bonds. The summed E-state index contributed by atoms with van der Waals surface area (Å²) in [4.78, 5) is 35.6. The average Bonchev–Trinajstić information content (AvgIpc) is 2.45. The molecule has 0 N–H and O–H groups in total. The lowest BCUT2D eigenvalue weighted by Crippen LogP contribution is -2.19. The molecule has 0 aliphatic rings. The molecule has 0 heterocycles. The first-order valence-corrected chi connectivity index (χ1v) is 6.66. The number of ether oxygens (including phenoxy) is 2. The fourth-order valence-electron chi connectivity index (χ4n) is 1.55. The molecule has 1 aromatic rings. The molecule has 5 heteroatoms. The van der Waals surface area contributed by atoms with E-state index in [1.165, 1.54) is 0 Å². The first-order valence-electron chi connectivity index (χ1n) is 6.66. The number of esters is 2. The minimum absolute atomic E-state index is 0.105. The second-order valence-electron chi connectivity index (χ2n) is 4.23. The van der Waals surface area contributed by atoms with Crippen LogP contribution in [0.25, 0.3) is 0 Å². The third-order valence-electron chi connectivity index (χ3n) is 2.60. The van der Waals surface area contributed by atoms with Gasteiger partial charge in [0.1, 0.15) is 5.57 Å². The largest absolute Gasteiger partial charge is 0.462 e. The molecule has 0 aliphatic heterocycles. The highest BCUT2D eigenvalue weighted by Gasteiger charge is 2.22. The molecule has 5 nitrogen and oxygen atoms in total. The lowest BCUT2D eigenvalue weighted by molar-refractivity contribution is -0.146. The van der Waals surface area contributed by atoms with Gasteiger partial charge in [-0.1, -0.05) is 29.8 Å². The van der Waals surface area contributed by atoms with Gasteiger partial charge in [0.05, 0.1) is 13.2 Å². The molecule has 0 saturated heterocycles. The predicted molar refractivity (Wildman–Crippen MR) is 76.9 cm³/mol. The van der Waals surface area contributed by atoms with E-state index in [0.717, 1.165) is 11.6 Å². The van der Waals surface area contributed by atoms with Gasteiger partial charge in [-0.15, -0.1) is 0 Å². The van der Waals surface area contributed by atoms with E-state index < -0.39 is 23.3 Å². The van der Waals surface area contributed by atoms with Crippen molar-refractivity contribution in [2.45, 2.75) is 20.8 Å². The van der Waals surface area contributed by atoms with E-state index in [1.54, 1.807) is 38.1 Å². The van der Waals surface area contributed by atoms with Crippen molar-refractivity contribution in [1.82, 2.24) is 0 Å². The molecule has 0 bridgehead atoms. The molecular formula is C16H18O5. The Labute approximate surface area is 123 Å². The molecule has 0 radical (unpaired) electrons. The van der Waals surface area contributed by atoms with E-state index in [2.05, 4.69) is 0 Å². The van der Waals surface area contributed by atoms with E-state index in [9.17, 15) is 14.4 Å². The normalized spacial score (nSPS) is 9.67. The number of hydrogen-bond donors (Lipinski definition) is 0. The summed E-state index contributed by atoms with van der Waals surface area (Å²) in [6, 6.07) is 6.80. The van der Waals surface area contributed by atoms with Crippen LogP contribution in [0, 0.1) is 6.92 Å². The lowest BCUT2D eigenvalue weighted by atomic mass is 10.1. The van der Waals surface area contributed by atoms with Crippen LogP contribution in [0.3, 0.4) is 0 Å². The average molecular weight is 290 g/mol. The molecule has 0 spiro atoms. The maximum atomic E-state index is 12.1. The van der Waals surface area contributed by atoms with Crippen molar-refractivity contribution >= 4 is 17.7 Å². The van der Waals surface area contributed by atoms with Gasteiger partial charge in [-0.2, -0.15) is 0 Å². The fraction of sp³-hybridized carbons (Fsp3) is 0.312. The summed E-state index contributed by atoms with van der Waals surface area (Å²) < 4.78 is 9.53. The summed E-state index contributed by atoms with van der Waals surface area (Å²) in [5, 5.41) is 0. The molecule has 0 aromatic heterocycles. The monoisotopic (exact) mass is 290 g/mol. The molecule has 0 fully saturated rings. The minimum atomic E-state index is -0.864. The summed E-state index contributed by atoms with van der Waals surface area (Å²) in [6.45, 7) is 5.33. The van der Waals surface area contributed by atoms with Crippen LogP contribution >= 0.6 is 0 Å². The topological polar surface area (TPSA) is 69.7 Å². The molecule has 0 aliphatic carbocycles. The van der Waals surface area contributed by atoms with Gasteiger partial charge >= 0.3 is 11.9 Å². The van der Waals surface area contributed by atoms with Crippen LogP contribution in [0.1, 0.15) is 29.8 Å². The highest BCUT2D eigenvalue weighted by atomic mass is 16.6. The SMILES string of the molecule is CCOC(=O)C(=CC(=O)c1ccc(C)cc1)C(=O)OCC. The Morgan fingerprint density at radius 2 is 1.43 bits per heavy atom. The summed E-state index contributed by atoms with van der Waals surface area (Å²) in [6.07, 6.45) is 0.959. The molecule has 0 unspecified atom stereocenters. The highest BCUT2D eigenvalue weighted by molar-refractivity contribution is 6.20. The lowest BCUT2D eigenvalue weighted by Gasteiger charge is -2.06. The number of carbonyl (C=O) groups excluding carboxylic acids is 3. The van der Waals surface area contributed by atoms with Crippen LogP contribution in [0.5, 0.6) is 0 Å². The summed E-state index contributed by atoms with van der Waals surface area (Å²) in [7, 11) is 0. The molecule has 0 atom stereocenters. The number of benzene rings is 1. The van der Waals surface area contributed by atoms with Crippen molar-refractivity contribution in [3.63, 3.8) is 0 Å². The van der Waals surface area contributed by atoms with Gasteiger partial charge < -0.3 is 9.47 Å². The maximum Gasteiger partial charge on any atom is 0.345 e. The van der Waals surface area contributed by atoms with Crippen LogP contribution in [0.2, 0.25) is 0 Å². The van der Waals surface area contributed by atoms with Crippen molar-refractivity contribution in [1.29, 1.82) is 0 Å². The fourth-order valence-corrected chi connectivity index (χ4v) is 1.55. The quantitative estimate of drug-likeness (QED) is 0.264. The maximum absolute atomic E-state index is 12.1. The van der Waals surface area contributed by atoms with Gasteiger partial charge in [0.25, 0.3) is 0 Å². The van der Waals surface area contributed by atoms with Crippen LogP contribution < -0.4 is 0 Å². The van der Waals surface area contributed by atoms with Gasteiger partial charge in [-0.25, -0.2) is 9.59 Å². The van der Waals surface area contributed by atoms with E-state index in [0.29, 0.717) is 5.56 Å². The second-order valence-corrected chi connectivity index (χ2v) is 4.23. The number of ketones is 1. The predicted octanol–water partition coefficient (Wildman–Crippen LogP) is 2.23. The van der Waals surface area contributed by atoms with Crippen LogP contribution in [0.15, 0.2) is 35.9 Å². The Morgan fingerprint density at radius 1 is 0.952 bits per heavy atom. The van der Waals surface area contributed by atoms with E-state index in [4.69, 9.17) is 9.47 Å². The Balaban J connectivity index is 3.05. The first kappa shape index (κ1) is 16.6. The van der Waals surface area contributed by atoms with E-state index in [1.807, 2.05) is 6.92 Å². The third kappa shape index (κ3) is 4.87. The summed E-state index contributed by atoms with van der Waals surface area (Å²) in [5.41, 5.74) is 0.988. The van der Waals surface area contributed by atoms with Crippen molar-refractivity contribution < 1.29 is 23.9 Å². The smallest absolute Gasteiger partial charge is 0.345 e. The molecule has 1 aromatic carbocycles. The number of allylic oxidation sites excluding steroid dienone is 1. The van der Waals surface area contributed by atoms with Gasteiger partial charge in [0.2, 0.25) is 0 Å². The molecule has 21 heavy (non-hydrogen) atoms. The van der Waals surface area contributed by atoms with Gasteiger partial charge in [0.15, 0.2) is 5.78 Å². The van der Waals surface area contributed by atoms with Gasteiger partial charge in [0, 0.05) is 11.6 Å². The van der Waals surface area contributed by atoms with Crippen molar-refractivity contribution in [2.75, 3.05) is 13.2 Å². The summed E-state index contributed by atoms with van der Waals surface area (Å²) >= 11 is 0. The first-order chi connectivity index (χ1) is 9.99. The van der Waals surface area contributed by atoms with Crippen LogP contribution in [-0.2, 0) is 19.1 Å². The molecule has 1 rings (SSSR count). The number of hydrogen-bond acceptors (Lipinski definition) is 5. The van der Waals surface area contributed by atoms with E-state index >= 15 is 0 Å². The van der Waals surface area contributed by atoms with Gasteiger partial charge in [-0.3, -0.25) is 4.79 Å². The highest BCUT2D eigenvalue weighted by Crippen LogP contribution is 2.09. The number of carbonyl (C=O) groups is 3. The van der Waals surface area contributed by atoms with Crippen LogP contribution in [0.4, 0.5) is 0 Å². The third-order valence-corrected chi connectivity index (χ3v) is 2.60. The molecular weight excluding hydrogens is 272 g/mol. The summed E-state index contributed by atoms with van der Waals surface area (Å²) in [5.74, 6) is -2.18. The van der Waals surface area contributed by atoms with Gasteiger partial charge in [-0.05, 0) is 20.8 Å². The zero-order valence-electron chi connectivity index (χ0n) is 12.3. The Bertz CT molecular complexity index is 535. The Kier molecular flexibility index (Phi) is 6.33. The zero-order valence-corrected chi connectivity index (χ0v) is 12.3. The minimum Gasteiger partial charge on any atom is -0.462 e. The van der Waals surface area contributed by atoms with Crippen LogP contribution in [-0.4, -0.2) is 30.9 Å². The van der Waals surface area contributed by atoms with Crippen molar-refractivity contribution in [3.05, 3.63) is 47.0 Å². The number of aryl methyl sites for hydroxylation is 1. The standard InChI is InChI=1S/C16H18O5/c1-4-20-15(18)13(16(19)21-5-2)10-14(17)12-8-6-11(3)7-9-12/h6-10H,4-5H2,1-3H3. The van der Waals surface area contributed by atoms with Crippen molar-refractivity contribution in [2.24, 2.45) is 0 Å². The zero-order chi connectivity index (χ0) is 15.8. The molecule has 0 saturated carbocycles. The Morgan fingerprint density at radius 3 is 1.86 bits per heavy atom.